The van der Waals surface area contributed by atoms with E-state index < -0.39 is 57.8 Å². The number of carbonyl (C=O) groups is 3. The third-order valence-electron chi connectivity index (χ3n) is 14.6. The molecule has 11 nitrogen and oxygen atoms in total. The van der Waals surface area contributed by atoms with Crippen molar-refractivity contribution in [3.63, 3.8) is 0 Å². The number of aliphatic hydroxyl groups is 1. The maximum absolute atomic E-state index is 13.0. The lowest BCUT2D eigenvalue weighted by molar-refractivity contribution is -0.161. The summed E-state index contributed by atoms with van der Waals surface area (Å²) < 4.78 is 39.8. The highest BCUT2D eigenvalue weighted by Crippen LogP contribution is 2.43. The molecule has 0 aromatic heterocycles. The van der Waals surface area contributed by atoms with E-state index in [-0.39, 0.29) is 25.9 Å². The van der Waals surface area contributed by atoms with Crippen LogP contribution in [-0.2, 0) is 42.2 Å². The number of hydrogen-bond acceptors (Lipinski definition) is 10. The molecule has 0 aliphatic rings. The van der Waals surface area contributed by atoms with Gasteiger partial charge in [-0.25, -0.2) is 4.57 Å². The fourth-order valence-corrected chi connectivity index (χ4v) is 10.2. The van der Waals surface area contributed by atoms with Gasteiger partial charge >= 0.3 is 25.7 Å². The van der Waals surface area contributed by atoms with Crippen molar-refractivity contribution in [1.29, 1.82) is 0 Å². The fraction of sp³-hybridized carbons (Fsp3) is 0.786. The number of carbonyl (C=O) groups excluding carboxylic acids is 3. The molecule has 0 saturated carbocycles. The van der Waals surface area contributed by atoms with Gasteiger partial charge in [-0.1, -0.05) is 254 Å². The average molecular weight is 1170 g/mol. The summed E-state index contributed by atoms with van der Waals surface area (Å²) in [6.07, 6.45) is 74.1. The molecule has 0 aliphatic carbocycles. The van der Waals surface area contributed by atoms with Crippen molar-refractivity contribution in [3.8, 4) is 0 Å². The van der Waals surface area contributed by atoms with E-state index in [0.29, 0.717) is 19.3 Å². The normalized spacial score (nSPS) is 13.7. The number of allylic oxidation sites excluding steroid dienone is 12. The highest BCUT2D eigenvalue weighted by molar-refractivity contribution is 7.47. The van der Waals surface area contributed by atoms with Crippen LogP contribution < -0.4 is 0 Å². The van der Waals surface area contributed by atoms with Gasteiger partial charge in [0.05, 0.1) is 19.8 Å². The molecule has 0 radical (unpaired) electrons. The predicted molar refractivity (Wildman–Crippen MR) is 344 cm³/mol. The predicted octanol–water partition coefficient (Wildman–Crippen LogP) is 20.8. The zero-order valence-corrected chi connectivity index (χ0v) is 53.8. The van der Waals surface area contributed by atoms with Gasteiger partial charge in [0.25, 0.3) is 0 Å². The van der Waals surface area contributed by atoms with Gasteiger partial charge in [-0.05, 0) is 116 Å². The molecule has 12 heteroatoms. The van der Waals surface area contributed by atoms with Crippen molar-refractivity contribution in [2.45, 2.75) is 328 Å². The van der Waals surface area contributed by atoms with E-state index in [1.54, 1.807) is 0 Å². The second-order valence-corrected chi connectivity index (χ2v) is 24.1. The number of aliphatic hydroxyl groups excluding tert-OH is 1. The van der Waals surface area contributed by atoms with Crippen LogP contribution in [0.5, 0.6) is 0 Å². The molecule has 0 saturated heterocycles. The van der Waals surface area contributed by atoms with Gasteiger partial charge in [0.15, 0.2) is 6.10 Å². The Morgan fingerprint density at radius 3 is 0.951 bits per heavy atom. The molecule has 476 valence electrons. The van der Waals surface area contributed by atoms with E-state index in [1.165, 1.54) is 148 Å². The minimum atomic E-state index is -4.76. The Balaban J connectivity index is 4.70. The van der Waals surface area contributed by atoms with E-state index >= 15 is 0 Å². The highest BCUT2D eigenvalue weighted by Gasteiger charge is 2.28. The second kappa shape index (κ2) is 63.9. The van der Waals surface area contributed by atoms with Crippen molar-refractivity contribution in [2.75, 3.05) is 26.4 Å². The number of hydrogen-bond donors (Lipinski definition) is 2. The third kappa shape index (κ3) is 61.5. The molecule has 0 aromatic rings. The molecule has 3 atom stereocenters. The van der Waals surface area contributed by atoms with Crippen LogP contribution in [0, 0.1) is 0 Å². The molecule has 2 N–H and O–H groups in total. The summed E-state index contributed by atoms with van der Waals surface area (Å²) in [5, 5.41) is 9.87. The van der Waals surface area contributed by atoms with Crippen LogP contribution in [0.25, 0.3) is 0 Å². The number of phosphoric ester groups is 1. The molecule has 0 aliphatic heterocycles. The maximum Gasteiger partial charge on any atom is 0.472 e. The van der Waals surface area contributed by atoms with Gasteiger partial charge in [0.2, 0.25) is 0 Å². The molecule has 0 amide bonds. The molecule has 0 fully saturated rings. The van der Waals surface area contributed by atoms with Gasteiger partial charge in [0, 0.05) is 19.3 Å². The molecule has 0 aromatic carbocycles. The summed E-state index contributed by atoms with van der Waals surface area (Å²) in [7, 11) is -4.76. The van der Waals surface area contributed by atoms with E-state index in [0.717, 1.165) is 109 Å². The number of ether oxygens (including phenoxy) is 3. The van der Waals surface area contributed by atoms with Crippen LogP contribution in [0.3, 0.4) is 0 Å². The van der Waals surface area contributed by atoms with Crippen molar-refractivity contribution in [1.82, 2.24) is 0 Å². The highest BCUT2D eigenvalue weighted by atomic mass is 31.2. The smallest absolute Gasteiger partial charge is 0.462 e. The van der Waals surface area contributed by atoms with Gasteiger partial charge < -0.3 is 24.2 Å². The minimum absolute atomic E-state index is 0.151. The first-order valence-electron chi connectivity index (χ1n) is 33.8. The summed E-state index contributed by atoms with van der Waals surface area (Å²) in [6, 6.07) is 0. The van der Waals surface area contributed by atoms with Crippen LogP contribution in [0.2, 0.25) is 0 Å². The Hall–Kier alpha value is -3.08. The zero-order chi connectivity index (χ0) is 59.8. The quantitative estimate of drug-likeness (QED) is 0.0197. The van der Waals surface area contributed by atoms with Gasteiger partial charge in [-0.15, -0.1) is 0 Å². The third-order valence-corrected chi connectivity index (χ3v) is 15.5. The van der Waals surface area contributed by atoms with Crippen molar-refractivity contribution in [3.05, 3.63) is 72.9 Å². The molecular formula is C70H125O11P. The molecule has 0 spiro atoms. The molecular weight excluding hydrogens is 1050 g/mol. The first-order valence-corrected chi connectivity index (χ1v) is 35.3. The van der Waals surface area contributed by atoms with Gasteiger partial charge in [0.1, 0.15) is 12.7 Å². The lowest BCUT2D eigenvalue weighted by Gasteiger charge is -2.21. The standard InChI is InChI=1S/C70H125O11P/c1-4-7-10-13-16-19-22-25-28-31-33-36-39-42-45-48-51-54-57-60-69(73)80-66(62-71)64-78-82(75,76)79-65-67(63-77-68(72)59-56-53-50-47-44-41-38-35-30-27-24-21-18-15-12-9-6-3)81-70(74)61-58-55-52-49-46-43-40-37-34-32-29-26-23-20-17-14-11-8-5-2/h16-17,19-20,25-30,34,37,66-67,71H,4-15,18,21-24,31-33,35-36,38-65H2,1-3H3,(H,75,76)/b19-16-,20-17-,28-25-,29-26-,30-27-,37-34-. The lowest BCUT2D eigenvalue weighted by atomic mass is 10.1. The van der Waals surface area contributed by atoms with Crippen LogP contribution in [0.1, 0.15) is 316 Å². The molecule has 82 heavy (non-hydrogen) atoms. The summed E-state index contributed by atoms with van der Waals surface area (Å²) in [5.41, 5.74) is 0. The van der Waals surface area contributed by atoms with Crippen LogP contribution in [-0.4, -0.2) is 66.5 Å². The Kier molecular flexibility index (Phi) is 61.5. The Labute approximate surface area is 503 Å². The number of unbranched alkanes of at least 4 members (excludes halogenated alkanes) is 34. The van der Waals surface area contributed by atoms with Crippen molar-refractivity contribution >= 4 is 25.7 Å². The summed E-state index contributed by atoms with van der Waals surface area (Å²) in [6.45, 7) is 4.62. The number of rotatable bonds is 63. The van der Waals surface area contributed by atoms with Crippen molar-refractivity contribution in [2.24, 2.45) is 0 Å². The van der Waals surface area contributed by atoms with Crippen molar-refractivity contribution < 1.29 is 52.2 Å². The Morgan fingerprint density at radius 1 is 0.341 bits per heavy atom. The summed E-state index contributed by atoms with van der Waals surface area (Å²) in [4.78, 5) is 48.8. The Morgan fingerprint density at radius 2 is 0.598 bits per heavy atom. The number of phosphoric acid groups is 1. The summed E-state index contributed by atoms with van der Waals surface area (Å²) >= 11 is 0. The topological polar surface area (TPSA) is 155 Å². The Bertz CT molecular complexity index is 1650. The van der Waals surface area contributed by atoms with Crippen LogP contribution in [0.15, 0.2) is 72.9 Å². The molecule has 0 rings (SSSR count). The van der Waals surface area contributed by atoms with Crippen LogP contribution >= 0.6 is 7.82 Å². The average Bonchev–Trinajstić information content (AvgIpc) is 3.50. The monoisotopic (exact) mass is 1170 g/mol. The molecule has 3 unspecified atom stereocenters. The van der Waals surface area contributed by atoms with E-state index in [1.807, 2.05) is 0 Å². The van der Waals surface area contributed by atoms with Gasteiger partial charge in [-0.2, -0.15) is 0 Å². The van der Waals surface area contributed by atoms with Crippen LogP contribution in [0.4, 0.5) is 0 Å². The van der Waals surface area contributed by atoms with Gasteiger partial charge in [-0.3, -0.25) is 23.4 Å². The SMILES string of the molecule is CCCCC/C=C\C/C=C\C/C=C\CCCCCCCCC(=O)OC(COC(=O)CCCCCCCCC/C=C\CCCCCCCC)COP(=O)(O)OCC(CO)OC(=O)CCCCCCCCCCC/C=C\C/C=C\CCCCC. The number of esters is 3. The zero-order valence-electron chi connectivity index (χ0n) is 53.0. The van der Waals surface area contributed by atoms with E-state index in [9.17, 15) is 28.9 Å². The first kappa shape index (κ1) is 78.9. The minimum Gasteiger partial charge on any atom is -0.462 e. The van der Waals surface area contributed by atoms with E-state index in [2.05, 4.69) is 93.7 Å². The molecule has 0 heterocycles. The fourth-order valence-electron chi connectivity index (χ4n) is 9.39. The first-order chi connectivity index (χ1) is 40.2. The lowest BCUT2D eigenvalue weighted by Crippen LogP contribution is -2.30. The largest absolute Gasteiger partial charge is 0.472 e. The molecule has 0 bridgehead atoms. The maximum atomic E-state index is 13.0. The second-order valence-electron chi connectivity index (χ2n) is 22.6. The van der Waals surface area contributed by atoms with E-state index in [4.69, 9.17) is 23.3 Å². The summed E-state index contributed by atoms with van der Waals surface area (Å²) in [5.74, 6) is -1.47.